The molecule has 1 aromatic carbocycles. The molecule has 0 radical (unpaired) electrons. The maximum Gasteiger partial charge on any atom is 0.439 e. The molecule has 5 nitrogen and oxygen atoms in total. The largest absolute Gasteiger partial charge is 0.483 e. The van der Waals surface area contributed by atoms with Crippen molar-refractivity contribution in [3.63, 3.8) is 0 Å². The first kappa shape index (κ1) is 18.7. The number of aryl methyl sites for hydroxylation is 1. The van der Waals surface area contributed by atoms with Crippen molar-refractivity contribution < 1.29 is 27.8 Å². The number of ether oxygens (including phenoxy) is 1. The molecule has 0 bridgehead atoms. The molecule has 8 heteroatoms. The van der Waals surface area contributed by atoms with E-state index in [9.17, 15) is 23.1 Å². The lowest BCUT2D eigenvalue weighted by atomic mass is 9.76. The minimum absolute atomic E-state index is 0.0195. The van der Waals surface area contributed by atoms with Crippen LogP contribution in [0.15, 0.2) is 29.4 Å². The maximum absolute atomic E-state index is 13.7. The number of carbonyl (C=O) groups is 1. The minimum Gasteiger partial charge on any atom is -0.483 e. The Morgan fingerprint density at radius 3 is 2.77 bits per heavy atom. The highest BCUT2D eigenvalue weighted by molar-refractivity contribution is 5.93. The lowest BCUT2D eigenvalue weighted by Gasteiger charge is -2.39. The predicted octanol–water partition coefficient (Wildman–Crippen LogP) is 3.26. The number of hydrogen-bond donors (Lipinski definition) is 1. The molecule has 1 N–H and O–H groups in total. The number of halogens is 3. The van der Waals surface area contributed by atoms with Crippen LogP contribution in [0.4, 0.5) is 13.2 Å². The van der Waals surface area contributed by atoms with E-state index in [1.54, 1.807) is 31.2 Å². The van der Waals surface area contributed by atoms with Gasteiger partial charge in [-0.3, -0.25) is 4.79 Å². The van der Waals surface area contributed by atoms with Gasteiger partial charge >= 0.3 is 6.18 Å². The Balaban J connectivity index is 1.83. The first-order valence-corrected chi connectivity index (χ1v) is 8.52. The third kappa shape index (κ3) is 3.06. The van der Waals surface area contributed by atoms with E-state index in [0.29, 0.717) is 18.6 Å². The van der Waals surface area contributed by atoms with Gasteiger partial charge < -0.3 is 9.84 Å². The van der Waals surface area contributed by atoms with E-state index in [2.05, 4.69) is 5.10 Å². The molecule has 1 saturated carbocycles. The SMILES string of the molecule is Cc1ccccc1OCC(=O)N1N=C2CC[C@@H](C)C[C@@H]2[C@]1(O)C(F)(F)F. The minimum atomic E-state index is -5.02. The van der Waals surface area contributed by atoms with Gasteiger partial charge in [0.15, 0.2) is 6.61 Å². The molecule has 0 aromatic heterocycles. The summed E-state index contributed by atoms with van der Waals surface area (Å²) in [7, 11) is 0. The quantitative estimate of drug-likeness (QED) is 0.888. The molecule has 0 spiro atoms. The number of aliphatic hydroxyl groups is 1. The van der Waals surface area contributed by atoms with Crippen LogP contribution in [-0.2, 0) is 4.79 Å². The third-order valence-corrected chi connectivity index (χ3v) is 5.07. The molecule has 0 unspecified atom stereocenters. The van der Waals surface area contributed by atoms with E-state index >= 15 is 0 Å². The monoisotopic (exact) mass is 370 g/mol. The summed E-state index contributed by atoms with van der Waals surface area (Å²) in [4.78, 5) is 12.5. The molecule has 0 saturated heterocycles. The molecule has 1 aromatic rings. The lowest BCUT2D eigenvalue weighted by molar-refractivity contribution is -0.318. The van der Waals surface area contributed by atoms with Gasteiger partial charge in [-0.25, -0.2) is 0 Å². The molecule has 26 heavy (non-hydrogen) atoms. The molecular weight excluding hydrogens is 349 g/mol. The van der Waals surface area contributed by atoms with Crippen LogP contribution in [-0.4, -0.2) is 40.2 Å². The van der Waals surface area contributed by atoms with Crippen LogP contribution in [0.3, 0.4) is 0 Å². The highest BCUT2D eigenvalue weighted by atomic mass is 19.4. The van der Waals surface area contributed by atoms with Crippen LogP contribution in [0, 0.1) is 18.8 Å². The molecule has 3 atom stereocenters. The summed E-state index contributed by atoms with van der Waals surface area (Å²) >= 11 is 0. The molecule has 1 aliphatic carbocycles. The molecule has 3 rings (SSSR count). The number of nitrogens with zero attached hydrogens (tertiary/aromatic N) is 2. The second-order valence-corrected chi connectivity index (χ2v) is 7.01. The van der Waals surface area contributed by atoms with Crippen LogP contribution in [0.1, 0.15) is 31.7 Å². The van der Waals surface area contributed by atoms with E-state index in [4.69, 9.17) is 4.74 Å². The summed E-state index contributed by atoms with van der Waals surface area (Å²) < 4.78 is 46.5. The van der Waals surface area contributed by atoms with E-state index in [1.807, 2.05) is 6.92 Å². The average Bonchev–Trinajstić information content (AvgIpc) is 2.88. The van der Waals surface area contributed by atoms with Crippen LogP contribution in [0.2, 0.25) is 0 Å². The van der Waals surface area contributed by atoms with Crippen molar-refractivity contribution in [3.05, 3.63) is 29.8 Å². The van der Waals surface area contributed by atoms with Gasteiger partial charge in [0.2, 0.25) is 0 Å². The van der Waals surface area contributed by atoms with E-state index < -0.39 is 30.3 Å². The van der Waals surface area contributed by atoms with Gasteiger partial charge in [0.1, 0.15) is 5.75 Å². The van der Waals surface area contributed by atoms with Gasteiger partial charge in [0.05, 0.1) is 5.92 Å². The highest BCUT2D eigenvalue weighted by Crippen LogP contribution is 2.49. The number of hydrazone groups is 1. The molecular formula is C18H21F3N2O3. The Bertz CT molecular complexity index is 735. The van der Waals surface area contributed by atoms with Crippen molar-refractivity contribution in [2.45, 2.75) is 45.0 Å². The Morgan fingerprint density at radius 1 is 1.42 bits per heavy atom. The van der Waals surface area contributed by atoms with Crippen LogP contribution >= 0.6 is 0 Å². The van der Waals surface area contributed by atoms with Crippen LogP contribution in [0.5, 0.6) is 5.75 Å². The maximum atomic E-state index is 13.7. The lowest BCUT2D eigenvalue weighted by Crippen LogP contribution is -2.62. The number of rotatable bonds is 3. The second kappa shape index (κ2) is 6.57. The van der Waals surface area contributed by atoms with Gasteiger partial charge in [-0.15, -0.1) is 0 Å². The zero-order valence-electron chi connectivity index (χ0n) is 14.6. The first-order valence-electron chi connectivity index (χ1n) is 8.52. The number of benzene rings is 1. The number of para-hydroxylation sites is 1. The smallest absolute Gasteiger partial charge is 0.439 e. The van der Waals surface area contributed by atoms with Crippen LogP contribution < -0.4 is 4.74 Å². The average molecular weight is 370 g/mol. The second-order valence-electron chi connectivity index (χ2n) is 7.01. The molecule has 1 aliphatic heterocycles. The van der Waals surface area contributed by atoms with E-state index in [1.165, 1.54) is 0 Å². The summed E-state index contributed by atoms with van der Waals surface area (Å²) in [6, 6.07) is 6.86. The Kier molecular flexibility index (Phi) is 4.72. The highest BCUT2D eigenvalue weighted by Gasteiger charge is 2.68. The molecule has 1 amide bonds. The number of alkyl halides is 3. The number of amides is 1. The summed E-state index contributed by atoms with van der Waals surface area (Å²) in [5, 5.41) is 14.6. The molecule has 142 valence electrons. The molecule has 1 fully saturated rings. The zero-order chi connectivity index (χ0) is 19.1. The normalized spacial score (nSPS) is 28.5. The number of fused-ring (bicyclic) bond motifs is 1. The van der Waals surface area contributed by atoms with Crippen molar-refractivity contribution in [2.75, 3.05) is 6.61 Å². The van der Waals surface area contributed by atoms with Crippen molar-refractivity contribution in [1.82, 2.24) is 5.01 Å². The van der Waals surface area contributed by atoms with Gasteiger partial charge in [-0.05, 0) is 43.7 Å². The standard InChI is InChI=1S/C18H21F3N2O3/c1-11-7-8-14-13(9-11)17(25,18(19,20)21)23(22-14)16(24)10-26-15-6-4-3-5-12(15)2/h3-6,11,13,25H,7-10H2,1-2H3/t11-,13+,17+/m1/s1. The van der Waals surface area contributed by atoms with Gasteiger partial charge in [0.25, 0.3) is 11.6 Å². The molecule has 1 heterocycles. The van der Waals surface area contributed by atoms with E-state index in [0.717, 1.165) is 5.56 Å². The predicted molar refractivity (Wildman–Crippen MR) is 88.5 cm³/mol. The first-order chi connectivity index (χ1) is 12.1. The van der Waals surface area contributed by atoms with Gasteiger partial charge in [0, 0.05) is 5.71 Å². The van der Waals surface area contributed by atoms with Gasteiger partial charge in [-0.2, -0.15) is 23.3 Å². The molecule has 2 aliphatic rings. The number of hydrogen-bond acceptors (Lipinski definition) is 4. The fourth-order valence-corrected chi connectivity index (χ4v) is 3.58. The Labute approximate surface area is 149 Å². The topological polar surface area (TPSA) is 62.1 Å². The van der Waals surface area contributed by atoms with Crippen molar-refractivity contribution in [2.24, 2.45) is 16.9 Å². The van der Waals surface area contributed by atoms with Crippen LogP contribution in [0.25, 0.3) is 0 Å². The summed E-state index contributed by atoms with van der Waals surface area (Å²) in [5.74, 6) is -1.84. The van der Waals surface area contributed by atoms with Crippen molar-refractivity contribution >= 4 is 11.6 Å². The van der Waals surface area contributed by atoms with Crippen molar-refractivity contribution in [3.8, 4) is 5.75 Å². The number of carbonyl (C=O) groups excluding carboxylic acids is 1. The zero-order valence-corrected chi connectivity index (χ0v) is 14.6. The fourth-order valence-electron chi connectivity index (χ4n) is 3.58. The summed E-state index contributed by atoms with van der Waals surface area (Å²) in [5.41, 5.74) is -2.34. The Morgan fingerprint density at radius 2 is 2.12 bits per heavy atom. The fraction of sp³-hybridized carbons (Fsp3) is 0.556. The van der Waals surface area contributed by atoms with E-state index in [-0.39, 0.29) is 23.1 Å². The van der Waals surface area contributed by atoms with Gasteiger partial charge in [-0.1, -0.05) is 25.1 Å². The summed E-state index contributed by atoms with van der Waals surface area (Å²) in [6.07, 6.45) is -3.85. The summed E-state index contributed by atoms with van der Waals surface area (Å²) in [6.45, 7) is 2.96. The van der Waals surface area contributed by atoms with Crippen molar-refractivity contribution in [1.29, 1.82) is 0 Å². The Hall–Kier alpha value is -2.09. The third-order valence-electron chi connectivity index (χ3n) is 5.07.